The topological polar surface area (TPSA) is 29.1 Å². The first-order chi connectivity index (χ1) is 5.25. The molecular formula is C9H10NO. The number of nitrogens with one attached hydrogen (secondary N) is 1. The number of benzene rings is 1. The molecule has 1 radical (unpaired) electrons. The van der Waals surface area contributed by atoms with Crippen molar-refractivity contribution in [1.82, 2.24) is 0 Å². The highest BCUT2D eigenvalue weighted by atomic mass is 16.1. The lowest BCUT2D eigenvalue weighted by atomic mass is 10.1. The first kappa shape index (κ1) is 7.79. The molecule has 1 aromatic carbocycles. The van der Waals surface area contributed by atoms with E-state index < -0.39 is 0 Å². The molecule has 0 saturated heterocycles. The van der Waals surface area contributed by atoms with E-state index in [1.807, 2.05) is 0 Å². The number of ketones is 1. The van der Waals surface area contributed by atoms with Gasteiger partial charge >= 0.3 is 0 Å². The van der Waals surface area contributed by atoms with Crippen molar-refractivity contribution in [1.29, 1.82) is 0 Å². The van der Waals surface area contributed by atoms with Crippen LogP contribution in [0, 0.1) is 6.07 Å². The first-order valence-electron chi connectivity index (χ1n) is 3.45. The van der Waals surface area contributed by atoms with E-state index in [4.69, 9.17) is 0 Å². The summed E-state index contributed by atoms with van der Waals surface area (Å²) in [7, 11) is 1.78. The van der Waals surface area contributed by atoms with Crippen LogP contribution < -0.4 is 5.32 Å². The van der Waals surface area contributed by atoms with E-state index in [-0.39, 0.29) is 5.78 Å². The van der Waals surface area contributed by atoms with E-state index in [1.54, 1.807) is 32.2 Å². The van der Waals surface area contributed by atoms with Crippen LogP contribution in [0.25, 0.3) is 0 Å². The van der Waals surface area contributed by atoms with Gasteiger partial charge in [0.2, 0.25) is 0 Å². The average molecular weight is 148 g/mol. The zero-order valence-electron chi connectivity index (χ0n) is 6.64. The van der Waals surface area contributed by atoms with Crippen LogP contribution in [0.15, 0.2) is 18.2 Å². The molecule has 1 N–H and O–H groups in total. The van der Waals surface area contributed by atoms with Crippen LogP contribution in [0.2, 0.25) is 0 Å². The Morgan fingerprint density at radius 2 is 2.36 bits per heavy atom. The van der Waals surface area contributed by atoms with E-state index in [0.29, 0.717) is 5.56 Å². The molecule has 2 heteroatoms. The molecule has 11 heavy (non-hydrogen) atoms. The minimum atomic E-state index is 0.0613. The van der Waals surface area contributed by atoms with Crippen molar-refractivity contribution in [2.75, 3.05) is 12.4 Å². The van der Waals surface area contributed by atoms with Gasteiger partial charge in [-0.15, -0.1) is 0 Å². The molecule has 0 aliphatic rings. The Balaban J connectivity index is 3.12. The molecule has 0 aliphatic heterocycles. The lowest BCUT2D eigenvalue weighted by molar-refractivity contribution is 0.101. The molecule has 2 nitrogen and oxygen atoms in total. The monoisotopic (exact) mass is 148 g/mol. The molecular weight excluding hydrogens is 138 g/mol. The molecule has 0 spiro atoms. The Morgan fingerprint density at radius 1 is 1.64 bits per heavy atom. The van der Waals surface area contributed by atoms with Crippen LogP contribution in [-0.4, -0.2) is 12.8 Å². The van der Waals surface area contributed by atoms with Crippen LogP contribution in [-0.2, 0) is 0 Å². The van der Waals surface area contributed by atoms with Gasteiger partial charge in [0, 0.05) is 18.7 Å². The van der Waals surface area contributed by atoms with Gasteiger partial charge in [-0.05, 0) is 13.0 Å². The second-order valence-corrected chi connectivity index (χ2v) is 2.26. The lowest BCUT2D eigenvalue weighted by Gasteiger charge is -2.03. The van der Waals surface area contributed by atoms with Gasteiger partial charge in [-0.25, -0.2) is 0 Å². The molecule has 1 aromatic rings. The number of hydrogen-bond donors (Lipinski definition) is 1. The molecule has 0 atom stereocenters. The third kappa shape index (κ3) is 1.58. The maximum absolute atomic E-state index is 11.0. The van der Waals surface area contributed by atoms with Gasteiger partial charge in [-0.2, -0.15) is 0 Å². The molecule has 0 bridgehead atoms. The molecule has 1 rings (SSSR count). The Bertz CT molecular complexity index is 268. The van der Waals surface area contributed by atoms with Crippen LogP contribution in [0.5, 0.6) is 0 Å². The van der Waals surface area contributed by atoms with Gasteiger partial charge in [-0.1, -0.05) is 12.1 Å². The Kier molecular flexibility index (Phi) is 2.26. The molecule has 0 fully saturated rings. The fourth-order valence-corrected chi connectivity index (χ4v) is 0.937. The van der Waals surface area contributed by atoms with Crippen LogP contribution in [0.4, 0.5) is 5.69 Å². The van der Waals surface area contributed by atoms with Crippen molar-refractivity contribution in [2.45, 2.75) is 6.92 Å². The number of carbonyl (C=O) groups is 1. The van der Waals surface area contributed by atoms with Crippen molar-refractivity contribution in [2.24, 2.45) is 0 Å². The minimum Gasteiger partial charge on any atom is -0.387 e. The summed E-state index contributed by atoms with van der Waals surface area (Å²) in [6.45, 7) is 1.55. The third-order valence-corrected chi connectivity index (χ3v) is 1.49. The maximum Gasteiger partial charge on any atom is 0.161 e. The Labute approximate surface area is 66.2 Å². The van der Waals surface area contributed by atoms with Crippen molar-refractivity contribution in [3.63, 3.8) is 0 Å². The number of Topliss-reactive ketones (excluding diaryl/α,β-unsaturated/α-hetero) is 1. The van der Waals surface area contributed by atoms with Gasteiger partial charge in [-0.3, -0.25) is 4.79 Å². The third-order valence-electron chi connectivity index (χ3n) is 1.49. The summed E-state index contributed by atoms with van der Waals surface area (Å²) in [5.74, 6) is 0.0613. The number of carbonyl (C=O) groups excluding carboxylic acids is 1. The highest BCUT2D eigenvalue weighted by Gasteiger charge is 2.02. The van der Waals surface area contributed by atoms with Crippen molar-refractivity contribution in [3.05, 3.63) is 29.8 Å². The molecule has 0 unspecified atom stereocenters. The smallest absolute Gasteiger partial charge is 0.161 e. The quantitative estimate of drug-likeness (QED) is 0.647. The van der Waals surface area contributed by atoms with Crippen LogP contribution in [0.1, 0.15) is 17.3 Å². The Morgan fingerprint density at radius 3 is 2.82 bits per heavy atom. The normalized spacial score (nSPS) is 9.27. The fraction of sp³-hybridized carbons (Fsp3) is 0.222. The second-order valence-electron chi connectivity index (χ2n) is 2.26. The molecule has 0 amide bonds. The summed E-state index contributed by atoms with van der Waals surface area (Å²) in [5.41, 5.74) is 1.45. The number of para-hydroxylation sites is 1. The number of anilines is 1. The highest BCUT2D eigenvalue weighted by molar-refractivity contribution is 5.99. The van der Waals surface area contributed by atoms with Gasteiger partial charge in [0.25, 0.3) is 0 Å². The van der Waals surface area contributed by atoms with Crippen molar-refractivity contribution in [3.8, 4) is 0 Å². The van der Waals surface area contributed by atoms with E-state index in [9.17, 15) is 4.79 Å². The summed E-state index contributed by atoms with van der Waals surface area (Å²) < 4.78 is 0. The van der Waals surface area contributed by atoms with E-state index >= 15 is 0 Å². The molecule has 57 valence electrons. The van der Waals surface area contributed by atoms with Crippen LogP contribution >= 0.6 is 0 Å². The van der Waals surface area contributed by atoms with Gasteiger partial charge in [0.1, 0.15) is 0 Å². The lowest BCUT2D eigenvalue weighted by Crippen LogP contribution is -1.99. The standard InChI is InChI=1S/C9H10NO/c1-7(11)8-5-3-4-6-9(8)10-2/h3-5,10H,1-2H3. The molecule has 0 saturated carbocycles. The minimum absolute atomic E-state index is 0.0613. The van der Waals surface area contributed by atoms with Crippen molar-refractivity contribution >= 4 is 11.5 Å². The van der Waals surface area contributed by atoms with E-state index in [1.165, 1.54) is 0 Å². The molecule has 0 aliphatic carbocycles. The molecule has 0 heterocycles. The SMILES string of the molecule is CNc1[c]cccc1C(C)=O. The average Bonchev–Trinajstić information content (AvgIpc) is 2.04. The first-order valence-corrected chi connectivity index (χ1v) is 3.45. The number of hydrogen-bond acceptors (Lipinski definition) is 2. The largest absolute Gasteiger partial charge is 0.387 e. The fourth-order valence-electron chi connectivity index (χ4n) is 0.937. The molecule has 0 aromatic heterocycles. The second kappa shape index (κ2) is 3.19. The highest BCUT2D eigenvalue weighted by Crippen LogP contribution is 2.13. The Hall–Kier alpha value is -1.31. The van der Waals surface area contributed by atoms with E-state index in [0.717, 1.165) is 5.69 Å². The summed E-state index contributed by atoms with van der Waals surface area (Å²) in [4.78, 5) is 11.0. The van der Waals surface area contributed by atoms with Crippen LogP contribution in [0.3, 0.4) is 0 Å². The summed E-state index contributed by atoms with van der Waals surface area (Å²) in [6.07, 6.45) is 0. The predicted octanol–water partition coefficient (Wildman–Crippen LogP) is 1.73. The predicted molar refractivity (Wildman–Crippen MR) is 44.8 cm³/mol. The van der Waals surface area contributed by atoms with Gasteiger partial charge < -0.3 is 5.32 Å². The van der Waals surface area contributed by atoms with Gasteiger partial charge in [0.15, 0.2) is 5.78 Å². The number of rotatable bonds is 2. The van der Waals surface area contributed by atoms with Crippen molar-refractivity contribution < 1.29 is 4.79 Å². The van der Waals surface area contributed by atoms with Gasteiger partial charge in [0.05, 0.1) is 5.69 Å². The summed E-state index contributed by atoms with van der Waals surface area (Å²) in [6, 6.07) is 8.30. The zero-order chi connectivity index (χ0) is 8.27. The zero-order valence-corrected chi connectivity index (χ0v) is 6.64. The summed E-state index contributed by atoms with van der Waals surface area (Å²) >= 11 is 0. The van der Waals surface area contributed by atoms with E-state index in [2.05, 4.69) is 11.4 Å². The maximum atomic E-state index is 11.0. The summed E-state index contributed by atoms with van der Waals surface area (Å²) in [5, 5.41) is 2.90.